The van der Waals surface area contributed by atoms with E-state index in [1.54, 1.807) is 0 Å². The third-order valence-corrected chi connectivity index (χ3v) is 7.17. The number of hydrogen-bond donors (Lipinski definition) is 0. The van der Waals surface area contributed by atoms with Crippen LogP contribution in [-0.4, -0.2) is 43.9 Å². The van der Waals surface area contributed by atoms with Crippen LogP contribution in [0.2, 0.25) is 0 Å². The fraction of sp³-hybridized carbons (Fsp3) is 0.333. The van der Waals surface area contributed by atoms with Gasteiger partial charge in [-0.1, -0.05) is 121 Å². The van der Waals surface area contributed by atoms with E-state index in [2.05, 4.69) is 24.3 Å². The van der Waals surface area contributed by atoms with Gasteiger partial charge in [-0.25, -0.2) is 0 Å². The van der Waals surface area contributed by atoms with Crippen molar-refractivity contribution < 1.29 is 28.4 Å². The molecule has 6 heteroatoms. The van der Waals surface area contributed by atoms with Gasteiger partial charge in [0.05, 0.1) is 33.0 Å². The Morgan fingerprint density at radius 1 is 0.476 bits per heavy atom. The summed E-state index contributed by atoms with van der Waals surface area (Å²) in [5, 5.41) is 0. The Hall–Kier alpha value is -3.36. The van der Waals surface area contributed by atoms with Crippen LogP contribution >= 0.6 is 0 Å². The molecule has 4 aromatic rings. The summed E-state index contributed by atoms with van der Waals surface area (Å²) in [5.41, 5.74) is 4.29. The lowest BCUT2D eigenvalue weighted by Gasteiger charge is -2.45. The van der Waals surface area contributed by atoms with Crippen molar-refractivity contribution in [2.45, 2.75) is 64.1 Å². The summed E-state index contributed by atoms with van der Waals surface area (Å²) in [6, 6.07) is 40.5. The summed E-state index contributed by atoms with van der Waals surface area (Å²) in [4.78, 5) is 0. The van der Waals surface area contributed by atoms with Gasteiger partial charge in [0.25, 0.3) is 0 Å². The molecular formula is C36H40O6. The van der Waals surface area contributed by atoms with Gasteiger partial charge < -0.3 is 28.4 Å². The van der Waals surface area contributed by atoms with Gasteiger partial charge in [0.15, 0.2) is 6.29 Å². The van der Waals surface area contributed by atoms with E-state index in [-0.39, 0.29) is 0 Å². The quantitative estimate of drug-likeness (QED) is 0.159. The molecule has 1 aliphatic heterocycles. The minimum Gasteiger partial charge on any atom is -0.374 e. The number of ether oxygens (including phenoxy) is 6. The minimum absolute atomic E-state index is 0.314. The SMILES string of the molecule is CCO[C@H]1O[C@H](COCc2ccccc2)[C@@H](OCc2ccccc2)[C@H](OCc2ccccc2)[C@H]1OCc1ccccc1. The fourth-order valence-electron chi connectivity index (χ4n) is 5.05. The molecule has 5 rings (SSSR count). The van der Waals surface area contributed by atoms with E-state index in [1.807, 2.05) is 104 Å². The van der Waals surface area contributed by atoms with Crippen molar-refractivity contribution in [1.29, 1.82) is 0 Å². The van der Waals surface area contributed by atoms with Crippen molar-refractivity contribution in [3.63, 3.8) is 0 Å². The van der Waals surface area contributed by atoms with Crippen molar-refractivity contribution >= 4 is 0 Å². The van der Waals surface area contributed by atoms with Gasteiger partial charge in [0.1, 0.15) is 24.4 Å². The first-order valence-corrected chi connectivity index (χ1v) is 14.7. The van der Waals surface area contributed by atoms with E-state index < -0.39 is 30.7 Å². The molecule has 220 valence electrons. The Bertz CT molecular complexity index is 1270. The Morgan fingerprint density at radius 2 is 0.881 bits per heavy atom. The Morgan fingerprint density at radius 3 is 1.33 bits per heavy atom. The zero-order valence-corrected chi connectivity index (χ0v) is 24.1. The fourth-order valence-corrected chi connectivity index (χ4v) is 5.05. The number of benzene rings is 4. The molecule has 5 atom stereocenters. The average Bonchev–Trinajstić information content (AvgIpc) is 3.05. The zero-order chi connectivity index (χ0) is 28.8. The molecule has 42 heavy (non-hydrogen) atoms. The molecule has 0 spiro atoms. The highest BCUT2D eigenvalue weighted by molar-refractivity contribution is 5.16. The molecule has 1 fully saturated rings. The first-order valence-electron chi connectivity index (χ1n) is 14.7. The number of hydrogen-bond acceptors (Lipinski definition) is 6. The van der Waals surface area contributed by atoms with Crippen LogP contribution in [0.5, 0.6) is 0 Å². The van der Waals surface area contributed by atoms with Gasteiger partial charge in [-0.3, -0.25) is 0 Å². The van der Waals surface area contributed by atoms with Gasteiger partial charge in [-0.2, -0.15) is 0 Å². The molecule has 0 bridgehead atoms. The van der Waals surface area contributed by atoms with E-state index >= 15 is 0 Å². The van der Waals surface area contributed by atoms with Crippen molar-refractivity contribution in [3.8, 4) is 0 Å². The minimum atomic E-state index is -0.651. The lowest BCUT2D eigenvalue weighted by atomic mass is 9.97. The van der Waals surface area contributed by atoms with Crippen LogP contribution in [0.15, 0.2) is 121 Å². The van der Waals surface area contributed by atoms with E-state index in [1.165, 1.54) is 0 Å². The maximum Gasteiger partial charge on any atom is 0.186 e. The Kier molecular flexibility index (Phi) is 11.7. The second-order valence-electron chi connectivity index (χ2n) is 10.3. The van der Waals surface area contributed by atoms with Crippen molar-refractivity contribution in [2.24, 2.45) is 0 Å². The topological polar surface area (TPSA) is 55.4 Å². The standard InChI is InChI=1S/C36H40O6/c1-2-38-36-35(41-26-31-21-13-6-14-22-31)34(40-25-30-19-11-5-12-20-30)33(39-24-29-17-9-4-10-18-29)32(42-36)27-37-23-28-15-7-3-8-16-28/h3-22,32-36H,2,23-27H2,1H3/t32-,33-,34+,35-,36+/m1/s1. The van der Waals surface area contributed by atoms with Crippen LogP contribution in [-0.2, 0) is 54.8 Å². The summed E-state index contributed by atoms with van der Waals surface area (Å²) in [6.45, 7) is 4.40. The van der Waals surface area contributed by atoms with Gasteiger partial charge in [-0.05, 0) is 29.2 Å². The second-order valence-corrected chi connectivity index (χ2v) is 10.3. The summed E-state index contributed by atoms with van der Waals surface area (Å²) in [6.07, 6.45) is -2.57. The second kappa shape index (κ2) is 16.3. The van der Waals surface area contributed by atoms with Crippen LogP contribution in [0.4, 0.5) is 0 Å². The highest BCUT2D eigenvalue weighted by Crippen LogP contribution is 2.31. The lowest BCUT2D eigenvalue weighted by molar-refractivity contribution is -0.327. The Labute approximate surface area is 249 Å². The first-order chi connectivity index (χ1) is 20.8. The predicted octanol–water partition coefficient (Wildman–Crippen LogP) is 6.72. The summed E-state index contributed by atoms with van der Waals surface area (Å²) in [7, 11) is 0. The smallest absolute Gasteiger partial charge is 0.186 e. The molecule has 1 heterocycles. The maximum absolute atomic E-state index is 6.68. The van der Waals surface area contributed by atoms with E-state index in [0.717, 1.165) is 22.3 Å². The van der Waals surface area contributed by atoms with Crippen LogP contribution in [0.25, 0.3) is 0 Å². The molecule has 0 radical (unpaired) electrons. The summed E-state index contributed by atoms with van der Waals surface area (Å²) in [5.74, 6) is 0. The van der Waals surface area contributed by atoms with Crippen molar-refractivity contribution in [2.75, 3.05) is 13.2 Å². The molecular weight excluding hydrogens is 528 g/mol. The first kappa shape index (κ1) is 30.1. The highest BCUT2D eigenvalue weighted by atomic mass is 16.7. The molecule has 0 unspecified atom stereocenters. The molecule has 6 nitrogen and oxygen atoms in total. The molecule has 0 N–H and O–H groups in total. The monoisotopic (exact) mass is 568 g/mol. The molecule has 0 aromatic heterocycles. The lowest BCUT2D eigenvalue weighted by Crippen LogP contribution is -2.61. The largest absolute Gasteiger partial charge is 0.374 e. The van der Waals surface area contributed by atoms with Crippen LogP contribution in [0, 0.1) is 0 Å². The third-order valence-electron chi connectivity index (χ3n) is 7.17. The molecule has 0 amide bonds. The van der Waals surface area contributed by atoms with Crippen LogP contribution in [0.1, 0.15) is 29.2 Å². The zero-order valence-electron chi connectivity index (χ0n) is 24.1. The van der Waals surface area contributed by atoms with Gasteiger partial charge in [0.2, 0.25) is 0 Å². The third kappa shape index (κ3) is 8.82. The summed E-state index contributed by atoms with van der Waals surface area (Å²) >= 11 is 0. The van der Waals surface area contributed by atoms with Gasteiger partial charge in [-0.15, -0.1) is 0 Å². The molecule has 4 aromatic carbocycles. The van der Waals surface area contributed by atoms with E-state index in [4.69, 9.17) is 28.4 Å². The molecule has 1 aliphatic rings. The highest BCUT2D eigenvalue weighted by Gasteiger charge is 2.49. The van der Waals surface area contributed by atoms with E-state index in [0.29, 0.717) is 39.6 Å². The molecule has 0 saturated carbocycles. The van der Waals surface area contributed by atoms with Gasteiger partial charge >= 0.3 is 0 Å². The molecule has 0 aliphatic carbocycles. The van der Waals surface area contributed by atoms with Crippen molar-refractivity contribution in [3.05, 3.63) is 144 Å². The van der Waals surface area contributed by atoms with E-state index in [9.17, 15) is 0 Å². The predicted molar refractivity (Wildman–Crippen MR) is 161 cm³/mol. The van der Waals surface area contributed by atoms with Crippen LogP contribution < -0.4 is 0 Å². The van der Waals surface area contributed by atoms with Gasteiger partial charge in [0, 0.05) is 6.61 Å². The summed E-state index contributed by atoms with van der Waals surface area (Å²) < 4.78 is 38.7. The van der Waals surface area contributed by atoms with Crippen molar-refractivity contribution in [1.82, 2.24) is 0 Å². The number of rotatable bonds is 15. The average molecular weight is 569 g/mol. The Balaban J connectivity index is 1.40. The maximum atomic E-state index is 6.68. The molecule has 1 saturated heterocycles. The normalized spacial score (nSPS) is 22.2. The van der Waals surface area contributed by atoms with Crippen LogP contribution in [0.3, 0.4) is 0 Å².